The molecule has 0 radical (unpaired) electrons. The normalized spacial score (nSPS) is 8.89. The molecule has 0 unspecified atom stereocenters. The maximum absolute atomic E-state index is 6.78. The van der Waals surface area contributed by atoms with E-state index in [9.17, 15) is 0 Å². The number of anilines is 1. The van der Waals surface area contributed by atoms with Crippen LogP contribution >= 0.6 is 0 Å². The van der Waals surface area contributed by atoms with Crippen molar-refractivity contribution in [1.82, 2.24) is 9.97 Å². The summed E-state index contributed by atoms with van der Waals surface area (Å²) in [5.41, 5.74) is 5.00. The Bertz CT molecular complexity index is 189. The highest BCUT2D eigenvalue weighted by atomic mass is 15.2. The van der Waals surface area contributed by atoms with E-state index in [2.05, 4.69) is 15.3 Å². The lowest BCUT2D eigenvalue weighted by atomic mass is 10.9. The Labute approximate surface area is 51.8 Å². The van der Waals surface area contributed by atoms with Crippen LogP contribution in [0, 0.1) is 5.41 Å². The minimum atomic E-state index is -0.120. The van der Waals surface area contributed by atoms with Gasteiger partial charge in [0.1, 0.15) is 0 Å². The second-order valence-electron chi connectivity index (χ2n) is 1.48. The van der Waals surface area contributed by atoms with Crippen LogP contribution in [0.4, 0.5) is 5.95 Å². The molecule has 9 heavy (non-hydrogen) atoms. The van der Waals surface area contributed by atoms with Gasteiger partial charge in [0.2, 0.25) is 5.95 Å². The second-order valence-corrected chi connectivity index (χ2v) is 1.48. The van der Waals surface area contributed by atoms with E-state index < -0.39 is 0 Å². The third-order valence-electron chi connectivity index (χ3n) is 0.751. The molecule has 0 bridgehead atoms. The second kappa shape index (κ2) is 2.17. The molecule has 0 aliphatic carbocycles. The number of aromatic nitrogens is 2. The highest BCUT2D eigenvalue weighted by Crippen LogP contribution is 1.91. The smallest absolute Gasteiger partial charge is 0.206 e. The average molecular weight is 125 g/mol. The molecule has 0 saturated heterocycles. The van der Waals surface area contributed by atoms with Gasteiger partial charge in [0, 0.05) is 12.4 Å². The Kier molecular flexibility index (Phi) is 1.35. The van der Waals surface area contributed by atoms with Crippen LogP contribution in [0.3, 0.4) is 0 Å². The van der Waals surface area contributed by atoms with Gasteiger partial charge in [-0.2, -0.15) is 0 Å². The van der Waals surface area contributed by atoms with Gasteiger partial charge in [0.05, 0.1) is 0 Å². The quantitative estimate of drug-likeness (QED) is 0.307. The fraction of sp³-hybridized carbons (Fsp3) is 0. The summed E-state index contributed by atoms with van der Waals surface area (Å²) in [5.74, 6) is 0.368. The SMILES string of the molecule is N=C(N)Nc1ncc[nH]1. The van der Waals surface area contributed by atoms with Crippen LogP contribution in [0.1, 0.15) is 0 Å². The van der Waals surface area contributed by atoms with Crippen molar-refractivity contribution in [3.63, 3.8) is 0 Å². The van der Waals surface area contributed by atoms with E-state index in [1.54, 1.807) is 12.4 Å². The van der Waals surface area contributed by atoms with Crippen LogP contribution in [0.15, 0.2) is 12.4 Å². The zero-order valence-corrected chi connectivity index (χ0v) is 4.68. The summed E-state index contributed by atoms with van der Waals surface area (Å²) in [6, 6.07) is 0. The molecule has 0 atom stereocenters. The van der Waals surface area contributed by atoms with Gasteiger partial charge in [0.15, 0.2) is 5.96 Å². The molecule has 1 rings (SSSR count). The predicted molar refractivity (Wildman–Crippen MR) is 34.1 cm³/mol. The topological polar surface area (TPSA) is 90.6 Å². The van der Waals surface area contributed by atoms with E-state index in [1.165, 1.54) is 0 Å². The van der Waals surface area contributed by atoms with Crippen LogP contribution in [0.25, 0.3) is 0 Å². The maximum Gasteiger partial charge on any atom is 0.206 e. The molecule has 5 nitrogen and oxygen atoms in total. The van der Waals surface area contributed by atoms with Crippen molar-refractivity contribution in [2.75, 3.05) is 5.32 Å². The summed E-state index contributed by atoms with van der Waals surface area (Å²) in [6.45, 7) is 0. The van der Waals surface area contributed by atoms with Crippen LogP contribution in [-0.2, 0) is 0 Å². The molecule has 0 aliphatic rings. The van der Waals surface area contributed by atoms with Crippen molar-refractivity contribution in [3.05, 3.63) is 12.4 Å². The number of nitrogens with zero attached hydrogens (tertiary/aromatic N) is 1. The number of rotatable bonds is 1. The average Bonchev–Trinajstić information content (AvgIpc) is 2.15. The monoisotopic (exact) mass is 125 g/mol. The molecule has 0 aromatic carbocycles. The molecule has 48 valence electrons. The largest absolute Gasteiger partial charge is 0.370 e. The van der Waals surface area contributed by atoms with E-state index in [0.29, 0.717) is 5.95 Å². The predicted octanol–water partition coefficient (Wildman–Crippen LogP) is -0.285. The molecule has 0 saturated carbocycles. The van der Waals surface area contributed by atoms with Gasteiger partial charge in [-0.25, -0.2) is 4.98 Å². The maximum atomic E-state index is 6.78. The van der Waals surface area contributed by atoms with Gasteiger partial charge in [-0.3, -0.25) is 10.7 Å². The molecule has 5 heteroatoms. The van der Waals surface area contributed by atoms with E-state index in [0.717, 1.165) is 0 Å². The lowest BCUT2D eigenvalue weighted by molar-refractivity contribution is 1.28. The van der Waals surface area contributed by atoms with Gasteiger partial charge in [-0.15, -0.1) is 0 Å². The molecular weight excluding hydrogens is 118 g/mol. The summed E-state index contributed by atoms with van der Waals surface area (Å²) in [6.07, 6.45) is 3.22. The third kappa shape index (κ3) is 1.45. The van der Waals surface area contributed by atoms with Gasteiger partial charge < -0.3 is 10.7 Å². The van der Waals surface area contributed by atoms with Crippen LogP contribution in [-0.4, -0.2) is 15.9 Å². The highest BCUT2D eigenvalue weighted by molar-refractivity contribution is 5.87. The fourth-order valence-electron chi connectivity index (χ4n) is 0.461. The molecule has 1 aromatic rings. The van der Waals surface area contributed by atoms with E-state index in [-0.39, 0.29) is 5.96 Å². The Morgan fingerprint density at radius 2 is 2.67 bits per heavy atom. The fourth-order valence-corrected chi connectivity index (χ4v) is 0.461. The van der Waals surface area contributed by atoms with Crippen molar-refractivity contribution < 1.29 is 0 Å². The summed E-state index contributed by atoms with van der Waals surface area (Å²) < 4.78 is 0. The Morgan fingerprint density at radius 1 is 1.89 bits per heavy atom. The summed E-state index contributed by atoms with van der Waals surface area (Å²) in [5, 5.41) is 9.26. The number of H-pyrrole nitrogens is 1. The summed E-state index contributed by atoms with van der Waals surface area (Å²) in [4.78, 5) is 6.49. The Balaban J connectivity index is 2.58. The molecule has 0 spiro atoms. The molecule has 0 aliphatic heterocycles. The van der Waals surface area contributed by atoms with Gasteiger partial charge in [-0.1, -0.05) is 0 Å². The first kappa shape index (κ1) is 5.61. The van der Waals surface area contributed by atoms with Gasteiger partial charge in [0.25, 0.3) is 0 Å². The van der Waals surface area contributed by atoms with Crippen molar-refractivity contribution in [2.24, 2.45) is 5.73 Å². The third-order valence-corrected chi connectivity index (χ3v) is 0.751. The molecule has 1 aromatic heterocycles. The van der Waals surface area contributed by atoms with Crippen molar-refractivity contribution in [3.8, 4) is 0 Å². The zero-order chi connectivity index (χ0) is 6.69. The first-order chi connectivity index (χ1) is 4.29. The Morgan fingerprint density at radius 3 is 3.11 bits per heavy atom. The van der Waals surface area contributed by atoms with E-state index in [4.69, 9.17) is 11.1 Å². The number of imidazole rings is 1. The van der Waals surface area contributed by atoms with Crippen LogP contribution < -0.4 is 11.1 Å². The number of nitrogens with one attached hydrogen (secondary N) is 3. The number of hydrogen-bond donors (Lipinski definition) is 4. The Hall–Kier alpha value is -1.52. The number of aromatic amines is 1. The van der Waals surface area contributed by atoms with Gasteiger partial charge in [-0.05, 0) is 0 Å². The number of nitrogens with two attached hydrogens (primary N) is 1. The van der Waals surface area contributed by atoms with Crippen molar-refractivity contribution >= 4 is 11.9 Å². The number of hydrogen-bond acceptors (Lipinski definition) is 2. The minimum absolute atomic E-state index is 0.120. The van der Waals surface area contributed by atoms with E-state index >= 15 is 0 Å². The molecule has 0 fully saturated rings. The van der Waals surface area contributed by atoms with Gasteiger partial charge >= 0.3 is 0 Å². The minimum Gasteiger partial charge on any atom is -0.370 e. The lowest BCUT2D eigenvalue weighted by Gasteiger charge is -1.94. The molecule has 5 N–H and O–H groups in total. The van der Waals surface area contributed by atoms with Crippen LogP contribution in [0.5, 0.6) is 0 Å². The zero-order valence-electron chi connectivity index (χ0n) is 4.68. The van der Waals surface area contributed by atoms with E-state index in [1.807, 2.05) is 0 Å². The lowest BCUT2D eigenvalue weighted by Crippen LogP contribution is -2.21. The first-order valence-electron chi connectivity index (χ1n) is 2.39. The van der Waals surface area contributed by atoms with Crippen LogP contribution in [0.2, 0.25) is 0 Å². The highest BCUT2D eigenvalue weighted by Gasteiger charge is 1.90. The molecule has 1 heterocycles. The standard InChI is InChI=1S/C4H7N5/c5-3(6)9-4-7-1-2-8-4/h1-2H,(H5,5,6,7,8,9). The summed E-state index contributed by atoms with van der Waals surface area (Å²) in [7, 11) is 0. The molecular formula is C4H7N5. The summed E-state index contributed by atoms with van der Waals surface area (Å²) >= 11 is 0. The first-order valence-corrected chi connectivity index (χ1v) is 2.39. The van der Waals surface area contributed by atoms with Crippen molar-refractivity contribution in [1.29, 1.82) is 5.41 Å². The molecule has 0 amide bonds. The van der Waals surface area contributed by atoms with Crippen molar-refractivity contribution in [2.45, 2.75) is 0 Å². The number of guanidine groups is 1.